The van der Waals surface area contributed by atoms with Crippen LogP contribution in [0.5, 0.6) is 0 Å². The van der Waals surface area contributed by atoms with Crippen molar-refractivity contribution in [3.63, 3.8) is 0 Å². The minimum absolute atomic E-state index is 0.0438. The van der Waals surface area contributed by atoms with Crippen LogP contribution in [-0.4, -0.2) is 15.1 Å². The van der Waals surface area contributed by atoms with Crippen molar-refractivity contribution < 1.29 is 5.11 Å². The second kappa shape index (κ2) is 9.29. The van der Waals surface area contributed by atoms with E-state index in [0.29, 0.717) is 17.3 Å². The van der Waals surface area contributed by atoms with Gasteiger partial charge in [0.1, 0.15) is 5.82 Å². The zero-order valence-corrected chi connectivity index (χ0v) is 17.9. The van der Waals surface area contributed by atoms with E-state index in [-0.39, 0.29) is 6.61 Å². The summed E-state index contributed by atoms with van der Waals surface area (Å²) in [5.41, 5.74) is 7.75. The fourth-order valence-electron chi connectivity index (χ4n) is 3.50. The molecule has 4 aromatic rings. The fraction of sp³-hybridized carbons (Fsp3) is 0.115. The number of aliphatic hydroxyl groups is 1. The average Bonchev–Trinajstić information content (AvgIpc) is 2.82. The van der Waals surface area contributed by atoms with E-state index in [2.05, 4.69) is 52.7 Å². The van der Waals surface area contributed by atoms with Gasteiger partial charge in [0.25, 0.3) is 0 Å². The first-order chi connectivity index (χ1) is 15.6. The van der Waals surface area contributed by atoms with Gasteiger partial charge in [0.2, 0.25) is 5.95 Å². The smallest absolute Gasteiger partial charge is 0.229 e. The fourth-order valence-corrected chi connectivity index (χ4v) is 3.50. The van der Waals surface area contributed by atoms with Crippen molar-refractivity contribution in [3.05, 3.63) is 95.2 Å². The molecule has 3 aromatic carbocycles. The van der Waals surface area contributed by atoms with E-state index < -0.39 is 0 Å². The Bertz CT molecular complexity index is 1250. The van der Waals surface area contributed by atoms with Crippen molar-refractivity contribution in [3.8, 4) is 17.2 Å². The molecule has 0 spiro atoms. The summed E-state index contributed by atoms with van der Waals surface area (Å²) in [6, 6.07) is 23.3. The molecule has 0 unspecified atom stereocenters. The van der Waals surface area contributed by atoms with Crippen LogP contribution in [0.3, 0.4) is 0 Å². The summed E-state index contributed by atoms with van der Waals surface area (Å²) in [6.45, 7) is 4.18. The third kappa shape index (κ3) is 4.75. The van der Waals surface area contributed by atoms with Gasteiger partial charge in [-0.1, -0.05) is 24.3 Å². The highest BCUT2D eigenvalue weighted by atomic mass is 16.3. The maximum atomic E-state index is 9.25. The Morgan fingerprint density at radius 1 is 0.875 bits per heavy atom. The van der Waals surface area contributed by atoms with E-state index in [0.717, 1.165) is 39.2 Å². The number of nitriles is 1. The minimum atomic E-state index is 0.0438. The standard InChI is InChI=1S/C26H23N5O/c1-17-13-22(21-7-3-20(16-32)4-8-21)14-18(2)25(17)30-24-11-12-28-26(31-24)29-23-9-5-19(15-27)6-10-23/h3-14,32H,16H2,1-2H3,(H2,28,29,30,31). The topological polar surface area (TPSA) is 93.9 Å². The van der Waals surface area contributed by atoms with Gasteiger partial charge >= 0.3 is 0 Å². The number of nitrogens with one attached hydrogen (secondary N) is 2. The van der Waals surface area contributed by atoms with Crippen molar-refractivity contribution in [2.24, 2.45) is 0 Å². The number of nitrogens with zero attached hydrogens (tertiary/aromatic N) is 3. The Labute approximate surface area is 187 Å². The maximum absolute atomic E-state index is 9.25. The molecule has 32 heavy (non-hydrogen) atoms. The highest BCUT2D eigenvalue weighted by Gasteiger charge is 2.09. The summed E-state index contributed by atoms with van der Waals surface area (Å²) in [4.78, 5) is 8.85. The van der Waals surface area contributed by atoms with Crippen molar-refractivity contribution >= 4 is 23.1 Å². The van der Waals surface area contributed by atoms with Crippen LogP contribution < -0.4 is 10.6 Å². The second-order valence-corrected chi connectivity index (χ2v) is 7.54. The van der Waals surface area contributed by atoms with Crippen molar-refractivity contribution in [1.29, 1.82) is 5.26 Å². The normalized spacial score (nSPS) is 10.4. The Balaban J connectivity index is 1.54. The van der Waals surface area contributed by atoms with Gasteiger partial charge < -0.3 is 15.7 Å². The molecule has 0 fully saturated rings. The Morgan fingerprint density at radius 3 is 2.19 bits per heavy atom. The summed E-state index contributed by atoms with van der Waals surface area (Å²) in [7, 11) is 0. The summed E-state index contributed by atoms with van der Waals surface area (Å²) in [5.74, 6) is 1.15. The second-order valence-electron chi connectivity index (χ2n) is 7.54. The summed E-state index contributed by atoms with van der Waals surface area (Å²) in [6.07, 6.45) is 1.70. The highest BCUT2D eigenvalue weighted by molar-refractivity contribution is 5.74. The van der Waals surface area contributed by atoms with E-state index in [1.54, 1.807) is 18.3 Å². The Morgan fingerprint density at radius 2 is 1.56 bits per heavy atom. The molecule has 0 aliphatic rings. The predicted octanol–water partition coefficient (Wildman–Crippen LogP) is 5.61. The molecule has 158 valence electrons. The number of benzene rings is 3. The van der Waals surface area contributed by atoms with E-state index in [9.17, 15) is 5.11 Å². The zero-order chi connectivity index (χ0) is 22.5. The molecule has 6 heteroatoms. The van der Waals surface area contributed by atoms with Crippen molar-refractivity contribution in [1.82, 2.24) is 9.97 Å². The first kappa shape index (κ1) is 21.0. The zero-order valence-electron chi connectivity index (χ0n) is 17.9. The predicted molar refractivity (Wildman–Crippen MR) is 127 cm³/mol. The van der Waals surface area contributed by atoms with E-state index in [4.69, 9.17) is 5.26 Å². The lowest BCUT2D eigenvalue weighted by molar-refractivity contribution is 0.282. The van der Waals surface area contributed by atoms with Crippen LogP contribution in [0.1, 0.15) is 22.3 Å². The number of aliphatic hydroxyl groups excluding tert-OH is 1. The minimum Gasteiger partial charge on any atom is -0.392 e. The molecule has 0 aliphatic carbocycles. The van der Waals surface area contributed by atoms with Gasteiger partial charge in [0, 0.05) is 17.6 Å². The molecule has 0 saturated carbocycles. The van der Waals surface area contributed by atoms with Crippen LogP contribution in [0, 0.1) is 25.2 Å². The molecule has 0 aliphatic heterocycles. The van der Waals surface area contributed by atoms with Gasteiger partial charge in [-0.2, -0.15) is 10.2 Å². The van der Waals surface area contributed by atoms with Gasteiger partial charge in [-0.25, -0.2) is 4.98 Å². The average molecular weight is 422 g/mol. The number of hydrogen-bond acceptors (Lipinski definition) is 6. The molecule has 1 aromatic heterocycles. The van der Waals surface area contributed by atoms with Gasteiger partial charge in [0.05, 0.1) is 18.2 Å². The molecule has 0 bridgehead atoms. The summed E-state index contributed by atoms with van der Waals surface area (Å²) < 4.78 is 0. The number of anilines is 4. The van der Waals surface area contributed by atoms with E-state index >= 15 is 0 Å². The molecule has 0 amide bonds. The van der Waals surface area contributed by atoms with Crippen molar-refractivity contribution in [2.75, 3.05) is 10.6 Å². The van der Waals surface area contributed by atoms with Crippen molar-refractivity contribution in [2.45, 2.75) is 20.5 Å². The molecule has 0 saturated heterocycles. The first-order valence-electron chi connectivity index (χ1n) is 10.2. The van der Waals surface area contributed by atoms with Crippen LogP contribution in [0.15, 0.2) is 72.9 Å². The van der Waals surface area contributed by atoms with Crippen LogP contribution in [-0.2, 0) is 6.61 Å². The Hall–Kier alpha value is -4.21. The molecule has 6 nitrogen and oxygen atoms in total. The van der Waals surface area contributed by atoms with Gasteiger partial charge in [-0.15, -0.1) is 0 Å². The molecule has 0 atom stereocenters. The third-order valence-electron chi connectivity index (χ3n) is 5.18. The highest BCUT2D eigenvalue weighted by Crippen LogP contribution is 2.30. The summed E-state index contributed by atoms with van der Waals surface area (Å²) in [5, 5.41) is 24.8. The molecular formula is C26H23N5O. The Kier molecular flexibility index (Phi) is 6.11. The third-order valence-corrected chi connectivity index (χ3v) is 5.18. The number of hydrogen-bond donors (Lipinski definition) is 3. The number of aryl methyl sites for hydroxylation is 2. The van der Waals surface area contributed by atoms with Crippen LogP contribution in [0.4, 0.5) is 23.1 Å². The molecule has 1 heterocycles. The lowest BCUT2D eigenvalue weighted by Crippen LogP contribution is -2.02. The molecular weight excluding hydrogens is 398 g/mol. The number of aromatic nitrogens is 2. The monoisotopic (exact) mass is 421 g/mol. The van der Waals surface area contributed by atoms with Gasteiger partial charge in [-0.05, 0) is 84.1 Å². The van der Waals surface area contributed by atoms with Gasteiger partial charge in [0.15, 0.2) is 0 Å². The molecule has 4 rings (SSSR count). The largest absolute Gasteiger partial charge is 0.392 e. The quantitative estimate of drug-likeness (QED) is 0.375. The van der Waals surface area contributed by atoms with Gasteiger partial charge in [-0.3, -0.25) is 0 Å². The first-order valence-corrected chi connectivity index (χ1v) is 10.2. The lowest BCUT2D eigenvalue weighted by atomic mass is 9.98. The van der Waals surface area contributed by atoms with Crippen LogP contribution >= 0.6 is 0 Å². The maximum Gasteiger partial charge on any atom is 0.229 e. The lowest BCUT2D eigenvalue weighted by Gasteiger charge is -2.15. The van der Waals surface area contributed by atoms with E-state index in [1.807, 2.05) is 42.5 Å². The van der Waals surface area contributed by atoms with E-state index in [1.165, 1.54) is 0 Å². The summed E-state index contributed by atoms with van der Waals surface area (Å²) >= 11 is 0. The SMILES string of the molecule is Cc1cc(-c2ccc(CO)cc2)cc(C)c1Nc1ccnc(Nc2ccc(C#N)cc2)n1. The van der Waals surface area contributed by atoms with Crippen LogP contribution in [0.25, 0.3) is 11.1 Å². The molecule has 3 N–H and O–H groups in total. The molecule has 0 radical (unpaired) electrons. The van der Waals surface area contributed by atoms with Crippen LogP contribution in [0.2, 0.25) is 0 Å². The number of rotatable bonds is 6.